The molecule has 0 bridgehead atoms. The molecule has 1 aromatic heterocycles. The molecular formula is C24H18ClNO3. The highest BCUT2D eigenvalue weighted by Crippen LogP contribution is 2.38. The number of halogens is 1. The molecule has 0 radical (unpaired) electrons. The van der Waals surface area contributed by atoms with Crippen LogP contribution in [0.1, 0.15) is 40.5 Å². The summed E-state index contributed by atoms with van der Waals surface area (Å²) in [6, 6.07) is 16.7. The van der Waals surface area contributed by atoms with E-state index in [1.54, 1.807) is 18.2 Å². The lowest BCUT2D eigenvalue weighted by Crippen LogP contribution is -2.40. The van der Waals surface area contributed by atoms with E-state index in [-0.39, 0.29) is 11.8 Å². The van der Waals surface area contributed by atoms with Crippen LogP contribution in [-0.4, -0.2) is 23.3 Å². The fourth-order valence-electron chi connectivity index (χ4n) is 4.03. The van der Waals surface area contributed by atoms with Gasteiger partial charge in [-0.1, -0.05) is 37.1 Å². The molecular weight excluding hydrogens is 386 g/mol. The summed E-state index contributed by atoms with van der Waals surface area (Å²) in [6.45, 7) is 2.48. The van der Waals surface area contributed by atoms with Gasteiger partial charge in [0, 0.05) is 39.0 Å². The number of hydrogen-bond donors (Lipinski definition) is 0. The number of carbonyl (C=O) groups excluding carboxylic acids is 2. The van der Waals surface area contributed by atoms with E-state index in [4.69, 9.17) is 16.0 Å². The van der Waals surface area contributed by atoms with Crippen molar-refractivity contribution in [1.29, 1.82) is 0 Å². The van der Waals surface area contributed by atoms with Gasteiger partial charge in [0.15, 0.2) is 0 Å². The number of nitrogens with zero attached hydrogens (tertiary/aromatic N) is 1. The second-order valence-corrected chi connectivity index (χ2v) is 7.73. The monoisotopic (exact) mass is 403 g/mol. The first kappa shape index (κ1) is 18.0. The molecule has 29 heavy (non-hydrogen) atoms. The van der Waals surface area contributed by atoms with Crippen molar-refractivity contribution >= 4 is 45.2 Å². The number of imide groups is 1. The molecule has 0 saturated heterocycles. The molecule has 4 nitrogen and oxygen atoms in total. The lowest BCUT2D eigenvalue weighted by atomic mass is 9.90. The Hall–Kier alpha value is -3.11. The van der Waals surface area contributed by atoms with Crippen LogP contribution in [0.3, 0.4) is 0 Å². The molecule has 5 rings (SSSR count). The average molecular weight is 404 g/mol. The minimum absolute atomic E-state index is 0.227. The Morgan fingerprint density at radius 3 is 2.48 bits per heavy atom. The van der Waals surface area contributed by atoms with Gasteiger partial charge in [0.05, 0.1) is 0 Å². The van der Waals surface area contributed by atoms with Crippen molar-refractivity contribution in [1.82, 2.24) is 4.90 Å². The molecule has 1 aliphatic heterocycles. The fraction of sp³-hybridized carbons (Fsp3) is 0.167. The molecule has 0 atom stereocenters. The highest BCUT2D eigenvalue weighted by atomic mass is 35.5. The van der Waals surface area contributed by atoms with Gasteiger partial charge in [-0.25, -0.2) is 0 Å². The summed E-state index contributed by atoms with van der Waals surface area (Å²) in [5, 5.41) is 3.09. The highest BCUT2D eigenvalue weighted by Gasteiger charge is 2.33. The summed E-state index contributed by atoms with van der Waals surface area (Å²) >= 11 is 6.10. The van der Waals surface area contributed by atoms with Crippen LogP contribution >= 0.6 is 11.6 Å². The summed E-state index contributed by atoms with van der Waals surface area (Å²) in [5.41, 5.74) is 2.71. The van der Waals surface area contributed by atoms with Gasteiger partial charge in [-0.2, -0.15) is 0 Å². The first-order valence-corrected chi connectivity index (χ1v) is 10.1. The van der Waals surface area contributed by atoms with Gasteiger partial charge < -0.3 is 4.42 Å². The van der Waals surface area contributed by atoms with E-state index in [0.29, 0.717) is 33.8 Å². The summed E-state index contributed by atoms with van der Waals surface area (Å²) < 4.78 is 6.04. The van der Waals surface area contributed by atoms with Gasteiger partial charge in [-0.05, 0) is 54.3 Å². The van der Waals surface area contributed by atoms with E-state index < -0.39 is 0 Å². The zero-order valence-corrected chi connectivity index (χ0v) is 16.6. The number of furan rings is 1. The molecule has 0 aliphatic carbocycles. The van der Waals surface area contributed by atoms with Gasteiger partial charge in [0.1, 0.15) is 11.3 Å². The Bertz CT molecular complexity index is 1280. The Morgan fingerprint density at radius 1 is 0.931 bits per heavy atom. The van der Waals surface area contributed by atoms with E-state index in [2.05, 4.69) is 0 Å². The van der Waals surface area contributed by atoms with E-state index in [1.807, 2.05) is 43.3 Å². The molecule has 4 aromatic rings. The molecule has 0 N–H and O–H groups in total. The van der Waals surface area contributed by atoms with Crippen LogP contribution in [0.4, 0.5) is 0 Å². The second kappa shape index (κ2) is 6.75. The standard InChI is InChI=1S/C24H18ClNO3/c1-2-3-11-26-23(27)18-6-4-5-17-16(8-9-19(22(17)18)24(26)28)21-13-14-12-15(25)7-10-20(14)29-21/h4-10,12-13H,2-3,11H2,1H3. The number of amides is 2. The van der Waals surface area contributed by atoms with Crippen LogP contribution in [0, 0.1) is 0 Å². The van der Waals surface area contributed by atoms with Gasteiger partial charge >= 0.3 is 0 Å². The van der Waals surface area contributed by atoms with Crippen molar-refractivity contribution < 1.29 is 14.0 Å². The quantitative estimate of drug-likeness (QED) is 0.375. The number of unbranched alkanes of at least 4 members (excludes halogenated alkanes) is 1. The Labute approximate surface area is 172 Å². The van der Waals surface area contributed by atoms with Gasteiger partial charge in [0.25, 0.3) is 11.8 Å². The van der Waals surface area contributed by atoms with Crippen molar-refractivity contribution in [2.75, 3.05) is 6.54 Å². The number of rotatable bonds is 4. The molecule has 0 saturated carbocycles. The largest absolute Gasteiger partial charge is 0.456 e. The average Bonchev–Trinajstić information content (AvgIpc) is 3.14. The van der Waals surface area contributed by atoms with Gasteiger partial charge in [0.2, 0.25) is 0 Å². The second-order valence-electron chi connectivity index (χ2n) is 7.30. The third kappa shape index (κ3) is 2.75. The number of carbonyl (C=O) groups is 2. The van der Waals surface area contributed by atoms with Crippen molar-refractivity contribution in [3.05, 3.63) is 70.7 Å². The maximum atomic E-state index is 13.0. The first-order valence-electron chi connectivity index (χ1n) is 9.70. The molecule has 2 amide bonds. The molecule has 0 unspecified atom stereocenters. The van der Waals surface area contributed by atoms with Crippen LogP contribution in [0.15, 0.2) is 59.0 Å². The van der Waals surface area contributed by atoms with Crippen LogP contribution in [-0.2, 0) is 0 Å². The van der Waals surface area contributed by atoms with Gasteiger partial charge in [-0.15, -0.1) is 0 Å². The van der Waals surface area contributed by atoms with Crippen molar-refractivity contribution in [2.24, 2.45) is 0 Å². The third-order valence-electron chi connectivity index (χ3n) is 5.47. The molecule has 3 aromatic carbocycles. The SMILES string of the molecule is CCCCN1C(=O)c2cccc3c(-c4cc5cc(Cl)ccc5o4)ccc(c23)C1=O. The molecule has 144 valence electrons. The minimum Gasteiger partial charge on any atom is -0.456 e. The Morgan fingerprint density at radius 2 is 1.69 bits per heavy atom. The summed E-state index contributed by atoms with van der Waals surface area (Å²) in [5.74, 6) is 0.226. The lowest BCUT2D eigenvalue weighted by Gasteiger charge is -2.27. The number of hydrogen-bond acceptors (Lipinski definition) is 3. The van der Waals surface area contributed by atoms with Gasteiger partial charge in [-0.3, -0.25) is 14.5 Å². The highest BCUT2D eigenvalue weighted by molar-refractivity contribution is 6.31. The molecule has 0 spiro atoms. The van der Waals surface area contributed by atoms with Crippen molar-refractivity contribution in [2.45, 2.75) is 19.8 Å². The van der Waals surface area contributed by atoms with E-state index >= 15 is 0 Å². The third-order valence-corrected chi connectivity index (χ3v) is 5.71. The van der Waals surface area contributed by atoms with Crippen molar-refractivity contribution in [3.63, 3.8) is 0 Å². The zero-order valence-electron chi connectivity index (χ0n) is 15.9. The Balaban J connectivity index is 1.71. The van der Waals surface area contributed by atoms with Crippen LogP contribution < -0.4 is 0 Å². The van der Waals surface area contributed by atoms with E-state index in [1.165, 1.54) is 4.90 Å². The molecule has 1 aliphatic rings. The smallest absolute Gasteiger partial charge is 0.261 e. The Kier molecular flexibility index (Phi) is 4.18. The molecule has 0 fully saturated rings. The lowest BCUT2D eigenvalue weighted by molar-refractivity contribution is 0.0608. The van der Waals surface area contributed by atoms with Crippen LogP contribution in [0.25, 0.3) is 33.1 Å². The van der Waals surface area contributed by atoms with Crippen LogP contribution in [0.5, 0.6) is 0 Å². The normalized spacial score (nSPS) is 13.7. The van der Waals surface area contributed by atoms with Crippen LogP contribution in [0.2, 0.25) is 5.02 Å². The van der Waals surface area contributed by atoms with Crippen molar-refractivity contribution in [3.8, 4) is 11.3 Å². The predicted octanol–water partition coefficient (Wildman–Crippen LogP) is 6.30. The minimum atomic E-state index is -0.227. The zero-order chi connectivity index (χ0) is 20.1. The summed E-state index contributed by atoms with van der Waals surface area (Å²) in [4.78, 5) is 27.4. The molecule has 2 heterocycles. The summed E-state index contributed by atoms with van der Waals surface area (Å²) in [6.07, 6.45) is 1.71. The summed E-state index contributed by atoms with van der Waals surface area (Å²) in [7, 11) is 0. The topological polar surface area (TPSA) is 50.5 Å². The maximum absolute atomic E-state index is 13.0. The number of fused-ring (bicyclic) bond motifs is 1. The first-order chi connectivity index (χ1) is 14.1. The maximum Gasteiger partial charge on any atom is 0.261 e. The van der Waals surface area contributed by atoms with E-state index in [9.17, 15) is 9.59 Å². The van der Waals surface area contributed by atoms with E-state index in [0.717, 1.165) is 34.8 Å². The number of benzene rings is 3. The molecule has 5 heteroatoms. The predicted molar refractivity (Wildman–Crippen MR) is 114 cm³/mol. The fourth-order valence-corrected chi connectivity index (χ4v) is 4.21.